The first-order valence-electron chi connectivity index (χ1n) is 9.88. The minimum Gasteiger partial charge on any atom is -0.322 e. The molecule has 10 heteroatoms. The van der Waals surface area contributed by atoms with Gasteiger partial charge in [0.15, 0.2) is 0 Å². The van der Waals surface area contributed by atoms with Gasteiger partial charge in [-0.15, -0.1) is 0 Å². The smallest absolute Gasteiger partial charge is 0.322 e. The molecule has 0 aliphatic carbocycles. The lowest BCUT2D eigenvalue weighted by Crippen LogP contribution is -2.16. The van der Waals surface area contributed by atoms with Crippen LogP contribution in [0.1, 0.15) is 26.3 Å². The number of benzene rings is 2. The van der Waals surface area contributed by atoms with Gasteiger partial charge in [0.05, 0.1) is 39.9 Å². The molecule has 0 saturated carbocycles. The predicted molar refractivity (Wildman–Crippen MR) is 122 cm³/mol. The minimum absolute atomic E-state index is 0.0647. The highest BCUT2D eigenvalue weighted by Gasteiger charge is 2.30. The third-order valence-corrected chi connectivity index (χ3v) is 5.13. The number of amides is 2. The van der Waals surface area contributed by atoms with Crippen molar-refractivity contribution >= 4 is 34.8 Å². The van der Waals surface area contributed by atoms with E-state index in [9.17, 15) is 22.8 Å². The van der Waals surface area contributed by atoms with Gasteiger partial charge >= 0.3 is 6.18 Å². The number of hydrogen-bond acceptors (Lipinski definition) is 3. The number of pyridine rings is 1. The van der Waals surface area contributed by atoms with Crippen LogP contribution >= 0.6 is 11.6 Å². The van der Waals surface area contributed by atoms with Crippen LogP contribution in [0.2, 0.25) is 5.02 Å². The maximum atomic E-state index is 12.9. The normalized spacial score (nSPS) is 11.2. The van der Waals surface area contributed by atoms with Crippen LogP contribution in [0.3, 0.4) is 0 Å². The van der Waals surface area contributed by atoms with Crippen LogP contribution in [0, 0.1) is 0 Å². The first-order valence-corrected chi connectivity index (χ1v) is 10.3. The van der Waals surface area contributed by atoms with Crippen LogP contribution in [0.15, 0.2) is 85.5 Å². The zero-order valence-electron chi connectivity index (χ0n) is 17.3. The molecule has 2 aromatic carbocycles. The second-order valence-corrected chi connectivity index (χ2v) is 7.61. The third kappa shape index (κ3) is 5.26. The van der Waals surface area contributed by atoms with Crippen molar-refractivity contribution in [2.75, 3.05) is 10.6 Å². The Bertz CT molecular complexity index is 1350. The summed E-state index contributed by atoms with van der Waals surface area (Å²) in [6, 6.07) is 13.7. The Morgan fingerprint density at radius 1 is 0.853 bits per heavy atom. The molecule has 0 spiro atoms. The average Bonchev–Trinajstić information content (AvgIpc) is 3.35. The van der Waals surface area contributed by atoms with Crippen LogP contribution in [0.4, 0.5) is 24.5 Å². The number of anilines is 2. The number of carbonyl (C=O) groups is 2. The summed E-state index contributed by atoms with van der Waals surface area (Å²) in [5, 5.41) is 5.32. The summed E-state index contributed by atoms with van der Waals surface area (Å²) in [4.78, 5) is 29.4. The minimum atomic E-state index is -4.57. The Hall–Kier alpha value is -4.11. The van der Waals surface area contributed by atoms with Crippen molar-refractivity contribution in [3.63, 3.8) is 0 Å². The van der Waals surface area contributed by atoms with Crippen molar-refractivity contribution in [2.24, 2.45) is 0 Å². The molecule has 6 nitrogen and oxygen atoms in total. The fourth-order valence-electron chi connectivity index (χ4n) is 3.16. The molecule has 34 heavy (non-hydrogen) atoms. The summed E-state index contributed by atoms with van der Waals surface area (Å²) in [6.07, 6.45) is 2.19. The molecule has 0 aliphatic heterocycles. The molecule has 4 aromatic rings. The number of rotatable bonds is 5. The quantitative estimate of drug-likeness (QED) is 0.362. The molecule has 0 aliphatic rings. The fraction of sp³-hybridized carbons (Fsp3) is 0.0417. The lowest BCUT2D eigenvalue weighted by atomic mass is 10.1. The SMILES string of the molecule is O=C(Nc1ccc(Cl)c(C(=O)Nc2cncc(-n3cccc3)c2)c1)c1cccc(C(F)(F)F)c1. The fourth-order valence-corrected chi connectivity index (χ4v) is 3.36. The number of hydrogen-bond donors (Lipinski definition) is 2. The Morgan fingerprint density at radius 3 is 2.32 bits per heavy atom. The van der Waals surface area contributed by atoms with Gasteiger partial charge in [-0.05, 0) is 54.6 Å². The summed E-state index contributed by atoms with van der Waals surface area (Å²) in [7, 11) is 0. The molecule has 2 heterocycles. The summed E-state index contributed by atoms with van der Waals surface area (Å²) in [6.45, 7) is 0. The van der Waals surface area contributed by atoms with Gasteiger partial charge in [0.25, 0.3) is 11.8 Å². The van der Waals surface area contributed by atoms with Gasteiger partial charge in [-0.25, -0.2) is 0 Å². The van der Waals surface area contributed by atoms with Gasteiger partial charge in [0.1, 0.15) is 0 Å². The van der Waals surface area contributed by atoms with Gasteiger partial charge in [-0.2, -0.15) is 13.2 Å². The second kappa shape index (κ2) is 9.40. The largest absolute Gasteiger partial charge is 0.416 e. The number of halogens is 4. The lowest BCUT2D eigenvalue weighted by molar-refractivity contribution is -0.137. The van der Waals surface area contributed by atoms with Crippen molar-refractivity contribution in [2.45, 2.75) is 6.18 Å². The highest BCUT2D eigenvalue weighted by atomic mass is 35.5. The van der Waals surface area contributed by atoms with Crippen molar-refractivity contribution < 1.29 is 22.8 Å². The average molecular weight is 485 g/mol. The van der Waals surface area contributed by atoms with Gasteiger partial charge < -0.3 is 15.2 Å². The van der Waals surface area contributed by atoms with Gasteiger partial charge in [0, 0.05) is 23.6 Å². The molecule has 0 radical (unpaired) electrons. The van der Waals surface area contributed by atoms with E-state index >= 15 is 0 Å². The number of carbonyl (C=O) groups excluding carboxylic acids is 2. The highest BCUT2D eigenvalue weighted by Crippen LogP contribution is 2.30. The number of alkyl halides is 3. The Morgan fingerprint density at radius 2 is 1.59 bits per heavy atom. The van der Waals surface area contributed by atoms with E-state index in [1.807, 2.05) is 29.1 Å². The highest BCUT2D eigenvalue weighted by molar-refractivity contribution is 6.34. The van der Waals surface area contributed by atoms with E-state index in [0.29, 0.717) is 5.69 Å². The van der Waals surface area contributed by atoms with E-state index in [1.165, 1.54) is 30.5 Å². The van der Waals surface area contributed by atoms with Crippen molar-refractivity contribution in [3.8, 4) is 5.69 Å². The van der Waals surface area contributed by atoms with E-state index in [2.05, 4.69) is 15.6 Å². The van der Waals surface area contributed by atoms with E-state index in [-0.39, 0.29) is 21.8 Å². The Balaban J connectivity index is 1.52. The third-order valence-electron chi connectivity index (χ3n) is 4.81. The lowest BCUT2D eigenvalue weighted by Gasteiger charge is -2.12. The molecule has 4 rings (SSSR count). The number of nitrogens with one attached hydrogen (secondary N) is 2. The van der Waals surface area contributed by atoms with Gasteiger partial charge in [-0.3, -0.25) is 14.6 Å². The molecule has 0 fully saturated rings. The van der Waals surface area contributed by atoms with Crippen LogP contribution in [-0.2, 0) is 6.18 Å². The molecule has 2 N–H and O–H groups in total. The van der Waals surface area contributed by atoms with Crippen LogP contribution in [0.5, 0.6) is 0 Å². The summed E-state index contributed by atoms with van der Waals surface area (Å²) in [5.74, 6) is -1.31. The molecule has 2 amide bonds. The maximum absolute atomic E-state index is 12.9. The second-order valence-electron chi connectivity index (χ2n) is 7.20. The van der Waals surface area contributed by atoms with E-state index in [4.69, 9.17) is 11.6 Å². The monoisotopic (exact) mass is 484 g/mol. The van der Waals surface area contributed by atoms with Crippen LogP contribution in [-0.4, -0.2) is 21.4 Å². The van der Waals surface area contributed by atoms with Gasteiger partial charge in [-0.1, -0.05) is 17.7 Å². The molecule has 172 valence electrons. The van der Waals surface area contributed by atoms with E-state index in [1.54, 1.807) is 12.3 Å². The molecule has 0 bridgehead atoms. The molecular weight excluding hydrogens is 469 g/mol. The number of aromatic nitrogens is 2. The first-order chi connectivity index (χ1) is 16.2. The predicted octanol–water partition coefficient (Wildman–Crippen LogP) is 6.05. The van der Waals surface area contributed by atoms with Crippen LogP contribution < -0.4 is 10.6 Å². The standard InChI is InChI=1S/C24H16ClF3N4O2/c25-21-7-6-17(30-22(33)15-4-3-5-16(10-15)24(26,27)28)12-20(21)23(34)31-18-11-19(14-29-13-18)32-8-1-2-9-32/h1-14H,(H,30,33)(H,31,34). The molecule has 0 unspecified atom stereocenters. The Kier molecular flexibility index (Phi) is 6.38. The Labute approximate surface area is 197 Å². The van der Waals surface area contributed by atoms with Crippen molar-refractivity contribution in [3.05, 3.63) is 107 Å². The van der Waals surface area contributed by atoms with Gasteiger partial charge in [0.2, 0.25) is 0 Å². The number of nitrogens with zero attached hydrogens (tertiary/aromatic N) is 2. The molecular formula is C24H16ClF3N4O2. The van der Waals surface area contributed by atoms with Crippen molar-refractivity contribution in [1.29, 1.82) is 0 Å². The van der Waals surface area contributed by atoms with E-state index < -0.39 is 23.6 Å². The molecule has 0 saturated heterocycles. The molecule has 2 aromatic heterocycles. The molecule has 0 atom stereocenters. The van der Waals surface area contributed by atoms with E-state index in [0.717, 1.165) is 23.9 Å². The topological polar surface area (TPSA) is 76.0 Å². The summed E-state index contributed by atoms with van der Waals surface area (Å²) >= 11 is 6.18. The zero-order valence-corrected chi connectivity index (χ0v) is 18.1. The summed E-state index contributed by atoms with van der Waals surface area (Å²) in [5.41, 5.74) is 0.295. The maximum Gasteiger partial charge on any atom is 0.416 e. The summed E-state index contributed by atoms with van der Waals surface area (Å²) < 4.78 is 40.6. The van der Waals surface area contributed by atoms with Crippen molar-refractivity contribution in [1.82, 2.24) is 9.55 Å². The van der Waals surface area contributed by atoms with Crippen LogP contribution in [0.25, 0.3) is 5.69 Å². The zero-order chi connectivity index (χ0) is 24.3. The first kappa shape index (κ1) is 23.1.